The van der Waals surface area contributed by atoms with E-state index < -0.39 is 10.0 Å². The van der Waals surface area contributed by atoms with Crippen molar-refractivity contribution in [3.63, 3.8) is 0 Å². The highest BCUT2D eigenvalue weighted by Gasteiger charge is 2.17. The van der Waals surface area contributed by atoms with Crippen molar-refractivity contribution in [2.75, 3.05) is 42.3 Å². The second kappa shape index (κ2) is 8.52. The molecule has 12 heteroatoms. The number of carbonyl (C=O) groups excluding carboxylic acids is 1. The quantitative estimate of drug-likeness (QED) is 0.653. The number of nitrogens with zero attached hydrogens (tertiary/aromatic N) is 3. The van der Waals surface area contributed by atoms with Crippen LogP contribution in [0.5, 0.6) is 0 Å². The highest BCUT2D eigenvalue weighted by Crippen LogP contribution is 2.28. The fourth-order valence-electron chi connectivity index (χ4n) is 2.45. The summed E-state index contributed by atoms with van der Waals surface area (Å²) < 4.78 is 29.1. The highest BCUT2D eigenvalue weighted by molar-refractivity contribution is 8.01. The molecule has 1 fully saturated rings. The van der Waals surface area contributed by atoms with Crippen LogP contribution in [0.15, 0.2) is 27.4 Å². The summed E-state index contributed by atoms with van der Waals surface area (Å²) in [5.74, 6) is -0.136. The Morgan fingerprint density at radius 3 is 2.81 bits per heavy atom. The third-order valence-electron chi connectivity index (χ3n) is 3.78. The normalized spacial score (nSPS) is 15.0. The van der Waals surface area contributed by atoms with Crippen LogP contribution in [0.25, 0.3) is 0 Å². The number of benzene rings is 1. The van der Waals surface area contributed by atoms with Crippen LogP contribution in [0.4, 0.5) is 10.8 Å². The number of sulfonamides is 1. The van der Waals surface area contributed by atoms with Crippen molar-refractivity contribution in [3.05, 3.63) is 23.8 Å². The molecule has 1 aromatic heterocycles. The van der Waals surface area contributed by atoms with E-state index in [1.165, 1.54) is 29.2 Å². The van der Waals surface area contributed by atoms with Gasteiger partial charge in [0, 0.05) is 18.8 Å². The molecule has 1 aliphatic heterocycles. The second-order valence-corrected chi connectivity index (χ2v) is 9.52. The van der Waals surface area contributed by atoms with E-state index in [9.17, 15) is 13.2 Å². The van der Waals surface area contributed by atoms with Crippen LogP contribution in [0, 0.1) is 6.92 Å². The summed E-state index contributed by atoms with van der Waals surface area (Å²) in [7, 11) is -3.84. The lowest BCUT2D eigenvalue weighted by Gasteiger charge is -2.25. The molecular weight excluding hydrogens is 410 g/mol. The molecule has 0 atom stereocenters. The van der Waals surface area contributed by atoms with Crippen molar-refractivity contribution in [1.82, 2.24) is 10.2 Å². The Morgan fingerprint density at radius 1 is 1.37 bits per heavy atom. The van der Waals surface area contributed by atoms with Gasteiger partial charge in [0.2, 0.25) is 21.1 Å². The summed E-state index contributed by atoms with van der Waals surface area (Å²) in [5.41, 5.74) is 0.899. The summed E-state index contributed by atoms with van der Waals surface area (Å²) in [6, 6.07) is 4.59. The fraction of sp³-hybridized carbons (Fsp3) is 0.400. The Morgan fingerprint density at radius 2 is 2.11 bits per heavy atom. The Kier molecular flexibility index (Phi) is 6.32. The van der Waals surface area contributed by atoms with E-state index in [1.807, 2.05) is 0 Å². The number of thioether (sulfide) groups is 1. The van der Waals surface area contributed by atoms with E-state index in [1.54, 1.807) is 19.1 Å². The van der Waals surface area contributed by atoms with Crippen LogP contribution in [0.1, 0.15) is 5.56 Å². The predicted molar refractivity (Wildman–Crippen MR) is 105 cm³/mol. The topological polar surface area (TPSA) is 128 Å². The first kappa shape index (κ1) is 20.0. The molecule has 3 rings (SSSR count). The number of primary sulfonamides is 1. The number of ether oxygens (including phenoxy) is 1. The third-order valence-corrected chi connectivity index (χ3v) is 6.95. The van der Waals surface area contributed by atoms with E-state index in [0.29, 0.717) is 28.8 Å². The third kappa shape index (κ3) is 5.39. The van der Waals surface area contributed by atoms with E-state index in [2.05, 4.69) is 20.4 Å². The Hall–Kier alpha value is -1.73. The van der Waals surface area contributed by atoms with Gasteiger partial charge in [0.15, 0.2) is 4.34 Å². The van der Waals surface area contributed by atoms with Gasteiger partial charge < -0.3 is 15.0 Å². The molecule has 27 heavy (non-hydrogen) atoms. The van der Waals surface area contributed by atoms with Crippen LogP contribution >= 0.6 is 23.1 Å². The Bertz CT molecular complexity index is 925. The number of nitrogens with one attached hydrogen (secondary N) is 1. The molecular formula is C15H19N5O4S3. The molecule has 2 heterocycles. The molecule has 3 N–H and O–H groups in total. The van der Waals surface area contributed by atoms with Crippen molar-refractivity contribution in [1.29, 1.82) is 0 Å². The highest BCUT2D eigenvalue weighted by atomic mass is 32.2. The van der Waals surface area contributed by atoms with Gasteiger partial charge in [-0.05, 0) is 24.6 Å². The molecule has 0 spiro atoms. The predicted octanol–water partition coefficient (Wildman–Crippen LogP) is 1.06. The molecule has 0 aliphatic carbocycles. The van der Waals surface area contributed by atoms with Crippen molar-refractivity contribution in [2.45, 2.75) is 16.2 Å². The number of amides is 1. The SMILES string of the molecule is Cc1ccc(NC(=O)CSc2nnc(N3CCOCC3)s2)cc1S(N)(=O)=O. The average molecular weight is 430 g/mol. The van der Waals surface area contributed by atoms with Gasteiger partial charge in [-0.3, -0.25) is 4.79 Å². The summed E-state index contributed by atoms with van der Waals surface area (Å²) in [4.78, 5) is 14.3. The maximum Gasteiger partial charge on any atom is 0.238 e. The van der Waals surface area contributed by atoms with Gasteiger partial charge in [-0.2, -0.15) is 0 Å². The molecule has 146 valence electrons. The zero-order chi connectivity index (χ0) is 19.4. The van der Waals surface area contributed by atoms with Gasteiger partial charge in [-0.25, -0.2) is 13.6 Å². The molecule has 2 aromatic rings. The molecule has 0 bridgehead atoms. The number of hydrogen-bond donors (Lipinski definition) is 2. The first-order chi connectivity index (χ1) is 12.8. The summed E-state index contributed by atoms with van der Waals surface area (Å²) >= 11 is 2.71. The van der Waals surface area contributed by atoms with E-state index >= 15 is 0 Å². The smallest absolute Gasteiger partial charge is 0.238 e. The minimum absolute atomic E-state index is 0.00719. The molecule has 0 unspecified atom stereocenters. The zero-order valence-electron chi connectivity index (χ0n) is 14.5. The zero-order valence-corrected chi connectivity index (χ0v) is 17.0. The first-order valence-corrected chi connectivity index (χ1v) is 11.4. The molecule has 0 saturated carbocycles. The van der Waals surface area contributed by atoms with E-state index in [4.69, 9.17) is 9.88 Å². The van der Waals surface area contributed by atoms with Crippen molar-refractivity contribution < 1.29 is 17.9 Å². The monoisotopic (exact) mass is 429 g/mol. The van der Waals surface area contributed by atoms with Gasteiger partial charge in [0.05, 0.1) is 23.9 Å². The number of aromatic nitrogens is 2. The van der Waals surface area contributed by atoms with Crippen molar-refractivity contribution >= 4 is 49.8 Å². The summed E-state index contributed by atoms with van der Waals surface area (Å²) in [6.07, 6.45) is 0. The number of aryl methyl sites for hydroxylation is 1. The van der Waals surface area contributed by atoms with Gasteiger partial charge >= 0.3 is 0 Å². The minimum Gasteiger partial charge on any atom is -0.378 e. The largest absolute Gasteiger partial charge is 0.378 e. The lowest BCUT2D eigenvalue weighted by atomic mass is 10.2. The first-order valence-electron chi connectivity index (χ1n) is 8.05. The second-order valence-electron chi connectivity index (χ2n) is 5.81. The fourth-order valence-corrected chi connectivity index (χ4v) is 4.95. The van der Waals surface area contributed by atoms with E-state index in [-0.39, 0.29) is 16.6 Å². The van der Waals surface area contributed by atoms with E-state index in [0.717, 1.165) is 18.2 Å². The van der Waals surface area contributed by atoms with Crippen LogP contribution in [-0.2, 0) is 19.6 Å². The number of nitrogens with two attached hydrogens (primary N) is 1. The molecule has 1 saturated heterocycles. The van der Waals surface area contributed by atoms with Crippen LogP contribution < -0.4 is 15.4 Å². The molecule has 9 nitrogen and oxygen atoms in total. The lowest BCUT2D eigenvalue weighted by Crippen LogP contribution is -2.36. The van der Waals surface area contributed by atoms with Crippen molar-refractivity contribution in [3.8, 4) is 0 Å². The van der Waals surface area contributed by atoms with Gasteiger partial charge in [0.1, 0.15) is 0 Å². The number of hydrogen-bond acceptors (Lipinski definition) is 9. The van der Waals surface area contributed by atoms with Gasteiger partial charge in [-0.1, -0.05) is 29.2 Å². The average Bonchev–Trinajstić information content (AvgIpc) is 3.10. The lowest BCUT2D eigenvalue weighted by molar-refractivity contribution is -0.113. The van der Waals surface area contributed by atoms with Gasteiger partial charge in [-0.15, -0.1) is 10.2 Å². The number of anilines is 2. The standard InChI is InChI=1S/C15H19N5O4S3/c1-10-2-3-11(8-12(10)27(16,22)23)17-13(21)9-25-15-19-18-14(26-15)20-4-6-24-7-5-20/h2-3,8H,4-7,9H2,1H3,(H,17,21)(H2,16,22,23). The Labute approximate surface area is 165 Å². The molecule has 1 aromatic carbocycles. The maximum atomic E-state index is 12.2. The van der Waals surface area contributed by atoms with Crippen molar-refractivity contribution in [2.24, 2.45) is 5.14 Å². The number of morpholine rings is 1. The Balaban J connectivity index is 1.56. The van der Waals surface area contributed by atoms with Crippen LogP contribution in [0.2, 0.25) is 0 Å². The minimum atomic E-state index is -3.84. The van der Waals surface area contributed by atoms with Crippen LogP contribution in [0.3, 0.4) is 0 Å². The maximum absolute atomic E-state index is 12.2. The number of carbonyl (C=O) groups is 1. The van der Waals surface area contributed by atoms with Crippen LogP contribution in [-0.4, -0.2) is 56.6 Å². The van der Waals surface area contributed by atoms with Gasteiger partial charge in [0.25, 0.3) is 0 Å². The molecule has 1 amide bonds. The summed E-state index contributed by atoms with van der Waals surface area (Å²) in [6.45, 7) is 4.53. The molecule has 0 radical (unpaired) electrons. The summed E-state index contributed by atoms with van der Waals surface area (Å²) in [5, 5.41) is 16.9. The number of rotatable bonds is 6. The molecule has 1 aliphatic rings.